The zero-order chi connectivity index (χ0) is 48.3. The van der Waals surface area contributed by atoms with Gasteiger partial charge in [-0.1, -0.05) is 19.4 Å². The second-order valence-electron chi connectivity index (χ2n) is 21.0. The predicted molar refractivity (Wildman–Crippen MR) is 256 cm³/mol. The Bertz CT molecular complexity index is 2020. The van der Waals surface area contributed by atoms with Gasteiger partial charge in [-0.05, 0) is 138 Å². The van der Waals surface area contributed by atoms with Gasteiger partial charge in [0.1, 0.15) is 23.7 Å². The Morgan fingerprint density at radius 3 is 1.46 bits per heavy atom. The van der Waals surface area contributed by atoms with E-state index in [1.165, 1.54) is 17.8 Å². The van der Waals surface area contributed by atoms with Gasteiger partial charge in [-0.2, -0.15) is 0 Å². The minimum atomic E-state index is -0.656. The Labute approximate surface area is 423 Å². The second-order valence-corrected chi connectivity index (χ2v) is 25.0. The first-order chi connectivity index (χ1) is 33.5. The van der Waals surface area contributed by atoms with Crippen LogP contribution in [0.5, 0.6) is 11.5 Å². The van der Waals surface area contributed by atoms with E-state index in [-0.39, 0.29) is 105 Å². The van der Waals surface area contributed by atoms with Crippen molar-refractivity contribution in [3.8, 4) is 21.9 Å². The van der Waals surface area contributed by atoms with E-state index in [2.05, 4.69) is 11.9 Å². The maximum absolute atomic E-state index is 13.6. The van der Waals surface area contributed by atoms with Crippen LogP contribution < -0.4 is 30.7 Å². The number of alkyl halides is 2. The Morgan fingerprint density at radius 1 is 0.580 bits per heavy atom. The van der Waals surface area contributed by atoms with Gasteiger partial charge in [0.25, 0.3) is 0 Å². The average Bonchev–Trinajstić information content (AvgIpc) is 3.93. The Kier molecular flexibility index (Phi) is 18.7. The number of esters is 5. The Hall–Kier alpha value is -3.37. The molecular weight excluding hydrogens is 1010 g/mol. The maximum atomic E-state index is 13.6. The van der Waals surface area contributed by atoms with Crippen LogP contribution in [-0.2, 0) is 47.7 Å². The van der Waals surface area contributed by atoms with Crippen molar-refractivity contribution in [1.29, 1.82) is 0 Å². The summed E-state index contributed by atoms with van der Waals surface area (Å²) in [7, 11) is 0. The van der Waals surface area contributed by atoms with Gasteiger partial charge in [0.15, 0.2) is 0 Å². The minimum Gasteiger partial charge on any atom is -0.144 e. The molecule has 1 aromatic carbocycles. The van der Waals surface area contributed by atoms with E-state index in [9.17, 15) is 28.8 Å². The molecule has 69 heavy (non-hydrogen) atoms. The monoisotopic (exact) mass is 1090 g/mol. The fourth-order valence-corrected chi connectivity index (χ4v) is 14.4. The molecule has 12 nitrogen and oxygen atoms in total. The van der Waals surface area contributed by atoms with Gasteiger partial charge >= 0.3 is 160 Å². The van der Waals surface area contributed by atoms with Crippen LogP contribution in [0.3, 0.4) is 0 Å². The predicted octanol–water partition coefficient (Wildman–Crippen LogP) is 7.92. The number of rotatable bonds is 16. The van der Waals surface area contributed by atoms with Crippen LogP contribution in [0, 0.1) is 35.5 Å². The molecule has 6 aliphatic carbocycles. The van der Waals surface area contributed by atoms with Crippen molar-refractivity contribution in [3.05, 3.63) is 35.7 Å². The third kappa shape index (κ3) is 14.0. The van der Waals surface area contributed by atoms with E-state index in [1.54, 1.807) is 18.2 Å². The van der Waals surface area contributed by atoms with E-state index in [0.29, 0.717) is 107 Å². The molecule has 8 rings (SSSR count). The SMILES string of the molecule is CCC1CCC(C(=O)OC2CCC(C(=O)OC3CCC(C(=O)Oc4ccc(OC(=O)C5CCC(OC(=O)C6CCC(OC7(C=O)CCC([I-]C)CC7)CC6)CC5)cc4-c4cccs4)CC3)CC2)CC1. The van der Waals surface area contributed by atoms with Gasteiger partial charge in [0.05, 0.1) is 23.7 Å². The zero-order valence-electron chi connectivity index (χ0n) is 40.8. The Morgan fingerprint density at radius 2 is 1.03 bits per heavy atom. The molecule has 2 aromatic rings. The zero-order valence-corrected chi connectivity index (χ0v) is 43.7. The molecule has 6 saturated carbocycles. The molecule has 0 amide bonds. The number of hydrogen-bond donors (Lipinski definition) is 0. The van der Waals surface area contributed by atoms with E-state index < -0.39 is 5.60 Å². The molecule has 380 valence electrons. The smallest absolute Gasteiger partial charge is 0.0382 e. The van der Waals surface area contributed by atoms with E-state index in [1.807, 2.05) is 17.5 Å². The van der Waals surface area contributed by atoms with Crippen LogP contribution in [0.4, 0.5) is 0 Å². The number of carbonyl (C=O) groups excluding carboxylic acids is 6. The van der Waals surface area contributed by atoms with Gasteiger partial charge < -0.3 is 18.9 Å². The second kappa shape index (κ2) is 24.8. The van der Waals surface area contributed by atoms with Crippen molar-refractivity contribution in [3.63, 3.8) is 0 Å². The summed E-state index contributed by atoms with van der Waals surface area (Å²) >= 11 is 1.68. The van der Waals surface area contributed by atoms with E-state index >= 15 is 0 Å². The first-order valence-corrected chi connectivity index (χ1v) is 30.6. The first kappa shape index (κ1) is 52.0. The Balaban J connectivity index is 0.737. The fraction of sp³-hybridized carbons (Fsp3) is 0.709. The molecule has 0 radical (unpaired) electrons. The molecule has 0 atom stereocenters. The van der Waals surface area contributed by atoms with Gasteiger partial charge in [-0.15, -0.1) is 11.3 Å². The maximum Gasteiger partial charge on any atom is 0.0382 e. The topological polar surface area (TPSA) is 158 Å². The fourth-order valence-electron chi connectivity index (χ4n) is 11.8. The number of halogens is 1. The molecule has 1 aromatic heterocycles. The molecule has 0 saturated heterocycles. The van der Waals surface area contributed by atoms with Crippen molar-refractivity contribution in [2.75, 3.05) is 4.93 Å². The largest absolute Gasteiger partial charge is 0.144 e. The number of benzene rings is 1. The number of ether oxygens (including phenoxy) is 6. The van der Waals surface area contributed by atoms with Gasteiger partial charge in [-0.25, -0.2) is 0 Å². The first-order valence-electron chi connectivity index (χ1n) is 26.3. The summed E-state index contributed by atoms with van der Waals surface area (Å²) in [5, 5.41) is 1.94. The van der Waals surface area contributed by atoms with E-state index in [0.717, 1.165) is 85.2 Å². The molecule has 0 unspecified atom stereocenters. The molecule has 0 bridgehead atoms. The van der Waals surface area contributed by atoms with E-state index in [4.69, 9.17) is 28.4 Å². The van der Waals surface area contributed by atoms with Crippen LogP contribution in [0.1, 0.15) is 167 Å². The number of thiophene rings is 1. The summed E-state index contributed by atoms with van der Waals surface area (Å²) in [5.41, 5.74) is 0.00569. The van der Waals surface area contributed by atoms with Crippen LogP contribution in [0.25, 0.3) is 10.4 Å². The van der Waals surface area contributed by atoms with Crippen molar-refractivity contribution in [1.82, 2.24) is 0 Å². The summed E-state index contributed by atoms with van der Waals surface area (Å²) in [6.45, 7) is 2.22. The quantitative estimate of drug-likeness (QED) is 0.0400. The van der Waals surface area contributed by atoms with Crippen LogP contribution in [-0.4, -0.2) is 75.0 Å². The van der Waals surface area contributed by atoms with Gasteiger partial charge in [0.2, 0.25) is 0 Å². The van der Waals surface area contributed by atoms with Crippen molar-refractivity contribution >= 4 is 47.5 Å². The molecule has 1 heterocycles. The van der Waals surface area contributed by atoms with Crippen LogP contribution in [0.15, 0.2) is 35.7 Å². The van der Waals surface area contributed by atoms with Crippen LogP contribution in [0.2, 0.25) is 0 Å². The molecule has 0 spiro atoms. The molecule has 0 N–H and O–H groups in total. The van der Waals surface area contributed by atoms with Crippen molar-refractivity contribution in [2.24, 2.45) is 35.5 Å². The summed E-state index contributed by atoms with van der Waals surface area (Å²) in [6, 6.07) is 8.95. The summed E-state index contributed by atoms with van der Waals surface area (Å²) in [4.78, 5) is 81.6. The summed E-state index contributed by atoms with van der Waals surface area (Å²) < 4.78 is 37.1. The summed E-state index contributed by atoms with van der Waals surface area (Å²) in [5.74, 6) is -0.616. The third-order valence-corrected chi connectivity index (χ3v) is 20.4. The number of aldehydes is 1. The molecule has 6 aliphatic rings. The minimum absolute atomic E-state index is 0.00121. The average molecular weight is 1090 g/mol. The van der Waals surface area contributed by atoms with Crippen molar-refractivity contribution in [2.45, 2.75) is 201 Å². The third-order valence-electron chi connectivity index (χ3n) is 16.5. The van der Waals surface area contributed by atoms with Gasteiger partial charge in [-0.3, -0.25) is 19.2 Å². The number of hydrogen-bond acceptors (Lipinski definition) is 13. The van der Waals surface area contributed by atoms with Crippen LogP contribution >= 0.6 is 11.3 Å². The number of carbonyl (C=O) groups is 6. The van der Waals surface area contributed by atoms with Gasteiger partial charge in [0, 0.05) is 10.4 Å². The molecule has 0 aliphatic heterocycles. The standard InChI is InChI=1S/C55H74IO12S/c1-3-35-6-8-36(9-7-35)50(58)63-42-18-10-37(11-19-42)51(59)64-44-22-14-40(15-23-44)54(62)67-48-27-26-46(33-47(48)49-5-4-32-69-49)66-53(61)38-12-20-43(21-13-38)65-52(60)39-16-24-45(25-17-39)68-55(34-57)30-28-41(56-2)29-31-55/h4-5,26-27,32-45H,3,6-25,28-31H2,1-2H3/q-1. The normalized spacial score (nSPS) is 33.0. The van der Waals surface area contributed by atoms with Crippen molar-refractivity contribution < 1.29 is 78.4 Å². The summed E-state index contributed by atoms with van der Waals surface area (Å²) in [6.07, 6.45) is 19.5. The molecule has 14 heteroatoms. The molecular formula is C55H74IO12S-. The molecule has 6 fully saturated rings.